The molecular formula is C13H17NO3. The van der Waals surface area contributed by atoms with Gasteiger partial charge in [0.25, 0.3) is 0 Å². The Morgan fingerprint density at radius 2 is 2.24 bits per heavy atom. The van der Waals surface area contributed by atoms with Crippen LogP contribution in [0.25, 0.3) is 0 Å². The summed E-state index contributed by atoms with van der Waals surface area (Å²) < 4.78 is 5.17. The fourth-order valence-electron chi connectivity index (χ4n) is 2.40. The summed E-state index contributed by atoms with van der Waals surface area (Å²) in [5.74, 6) is -0.00508. The second-order valence-corrected chi connectivity index (χ2v) is 4.45. The Morgan fingerprint density at radius 3 is 2.82 bits per heavy atom. The van der Waals surface area contributed by atoms with E-state index in [9.17, 15) is 9.90 Å². The van der Waals surface area contributed by atoms with Gasteiger partial charge in [-0.3, -0.25) is 4.79 Å². The van der Waals surface area contributed by atoms with Gasteiger partial charge in [-0.05, 0) is 43.1 Å². The first-order chi connectivity index (χ1) is 8.11. The van der Waals surface area contributed by atoms with Crippen LogP contribution in [0.4, 0.5) is 0 Å². The number of methoxy groups -OCH3 is 1. The minimum Gasteiger partial charge on any atom is -0.497 e. The van der Waals surface area contributed by atoms with E-state index in [1.54, 1.807) is 14.2 Å². The molecule has 0 spiro atoms. The largest absolute Gasteiger partial charge is 0.497 e. The van der Waals surface area contributed by atoms with Crippen LogP contribution >= 0.6 is 0 Å². The number of aliphatic carboxylic acids is 1. The van der Waals surface area contributed by atoms with E-state index in [-0.39, 0.29) is 0 Å². The number of hydrogen-bond donors (Lipinski definition) is 2. The van der Waals surface area contributed by atoms with E-state index < -0.39 is 11.5 Å². The molecule has 1 aromatic carbocycles. The molecule has 2 rings (SSSR count). The van der Waals surface area contributed by atoms with Crippen LogP contribution in [-0.4, -0.2) is 30.8 Å². The fourth-order valence-corrected chi connectivity index (χ4v) is 2.40. The number of likely N-dealkylation sites (N-methyl/N-ethyl adjacent to an activating group) is 1. The second kappa shape index (κ2) is 4.37. The Kier molecular flexibility index (Phi) is 3.07. The van der Waals surface area contributed by atoms with Crippen molar-refractivity contribution in [1.82, 2.24) is 5.32 Å². The highest BCUT2D eigenvalue weighted by molar-refractivity contribution is 5.80. The zero-order chi connectivity index (χ0) is 12.5. The number of ether oxygens (including phenoxy) is 1. The van der Waals surface area contributed by atoms with Crippen molar-refractivity contribution in [2.45, 2.75) is 24.8 Å². The van der Waals surface area contributed by atoms with E-state index in [2.05, 4.69) is 5.32 Å². The predicted molar refractivity (Wildman–Crippen MR) is 64.4 cm³/mol. The van der Waals surface area contributed by atoms with Crippen LogP contribution in [-0.2, 0) is 17.6 Å². The van der Waals surface area contributed by atoms with E-state index in [1.165, 1.54) is 5.56 Å². The average Bonchev–Trinajstić information content (AvgIpc) is 2.37. The van der Waals surface area contributed by atoms with Crippen molar-refractivity contribution in [1.29, 1.82) is 0 Å². The van der Waals surface area contributed by atoms with Crippen molar-refractivity contribution in [3.63, 3.8) is 0 Å². The smallest absolute Gasteiger partial charge is 0.324 e. The van der Waals surface area contributed by atoms with Gasteiger partial charge in [-0.15, -0.1) is 0 Å². The number of benzene rings is 1. The lowest BCUT2D eigenvalue weighted by Gasteiger charge is -2.34. The number of aryl methyl sites for hydroxylation is 1. The molecule has 4 nitrogen and oxygen atoms in total. The highest BCUT2D eigenvalue weighted by Gasteiger charge is 2.40. The molecule has 0 aliphatic heterocycles. The zero-order valence-electron chi connectivity index (χ0n) is 10.1. The molecule has 0 heterocycles. The molecule has 1 aliphatic rings. The molecule has 0 saturated carbocycles. The Hall–Kier alpha value is -1.55. The fraction of sp³-hybridized carbons (Fsp3) is 0.462. The average molecular weight is 235 g/mol. The van der Waals surface area contributed by atoms with Gasteiger partial charge < -0.3 is 15.2 Å². The maximum absolute atomic E-state index is 11.4. The third kappa shape index (κ3) is 2.00. The number of carbonyl (C=O) groups is 1. The van der Waals surface area contributed by atoms with Crippen LogP contribution in [0.5, 0.6) is 5.75 Å². The molecule has 2 N–H and O–H groups in total. The molecule has 1 unspecified atom stereocenters. The Labute approximate surface area is 101 Å². The Morgan fingerprint density at radius 1 is 1.47 bits per heavy atom. The lowest BCUT2D eigenvalue weighted by molar-refractivity contribution is -0.145. The molecule has 0 bridgehead atoms. The first kappa shape index (κ1) is 11.9. The van der Waals surface area contributed by atoms with Gasteiger partial charge in [0.05, 0.1) is 7.11 Å². The van der Waals surface area contributed by atoms with E-state index in [4.69, 9.17) is 4.74 Å². The van der Waals surface area contributed by atoms with Crippen LogP contribution in [0.3, 0.4) is 0 Å². The highest BCUT2D eigenvalue weighted by atomic mass is 16.5. The summed E-state index contributed by atoms with van der Waals surface area (Å²) in [4.78, 5) is 11.4. The van der Waals surface area contributed by atoms with Crippen molar-refractivity contribution in [2.75, 3.05) is 14.2 Å². The van der Waals surface area contributed by atoms with Gasteiger partial charge >= 0.3 is 5.97 Å². The topological polar surface area (TPSA) is 58.6 Å². The van der Waals surface area contributed by atoms with Crippen molar-refractivity contribution in [3.05, 3.63) is 29.3 Å². The molecule has 1 atom stereocenters. The van der Waals surface area contributed by atoms with Crippen molar-refractivity contribution in [2.24, 2.45) is 0 Å². The molecular weight excluding hydrogens is 218 g/mol. The third-order valence-electron chi connectivity index (χ3n) is 3.61. The lowest BCUT2D eigenvalue weighted by atomic mass is 9.78. The quantitative estimate of drug-likeness (QED) is 0.827. The van der Waals surface area contributed by atoms with Gasteiger partial charge in [0, 0.05) is 6.42 Å². The number of nitrogens with one attached hydrogen (secondary N) is 1. The van der Waals surface area contributed by atoms with Gasteiger partial charge in [0.2, 0.25) is 0 Å². The van der Waals surface area contributed by atoms with Crippen LogP contribution < -0.4 is 10.1 Å². The first-order valence-corrected chi connectivity index (χ1v) is 5.69. The molecule has 0 saturated heterocycles. The highest BCUT2D eigenvalue weighted by Crippen LogP contribution is 2.31. The van der Waals surface area contributed by atoms with E-state index in [0.29, 0.717) is 12.8 Å². The van der Waals surface area contributed by atoms with Crippen LogP contribution in [0.2, 0.25) is 0 Å². The molecule has 1 aromatic rings. The Bertz CT molecular complexity index is 444. The Balaban J connectivity index is 2.36. The monoisotopic (exact) mass is 235 g/mol. The molecule has 4 heteroatoms. The van der Waals surface area contributed by atoms with Gasteiger partial charge in [-0.1, -0.05) is 6.07 Å². The first-order valence-electron chi connectivity index (χ1n) is 5.69. The van der Waals surface area contributed by atoms with E-state index >= 15 is 0 Å². The van der Waals surface area contributed by atoms with Gasteiger partial charge in [0.15, 0.2) is 0 Å². The number of carboxylic acids is 1. The normalized spacial score (nSPS) is 22.9. The minimum atomic E-state index is -0.834. The third-order valence-corrected chi connectivity index (χ3v) is 3.61. The summed E-state index contributed by atoms with van der Waals surface area (Å²) in [7, 11) is 3.33. The van der Waals surface area contributed by atoms with Crippen LogP contribution in [0.1, 0.15) is 17.5 Å². The minimum absolute atomic E-state index is 0.505. The van der Waals surface area contributed by atoms with E-state index in [0.717, 1.165) is 17.7 Å². The van der Waals surface area contributed by atoms with Crippen LogP contribution in [0.15, 0.2) is 18.2 Å². The number of fused-ring (bicyclic) bond motifs is 1. The van der Waals surface area contributed by atoms with Crippen molar-refractivity contribution < 1.29 is 14.6 Å². The summed E-state index contributed by atoms with van der Waals surface area (Å²) in [6, 6.07) is 5.88. The number of hydrogen-bond acceptors (Lipinski definition) is 3. The van der Waals surface area contributed by atoms with E-state index in [1.807, 2.05) is 18.2 Å². The van der Waals surface area contributed by atoms with Gasteiger partial charge in [-0.2, -0.15) is 0 Å². The maximum atomic E-state index is 11.4. The molecule has 92 valence electrons. The van der Waals surface area contributed by atoms with Gasteiger partial charge in [0.1, 0.15) is 11.3 Å². The van der Waals surface area contributed by atoms with Crippen molar-refractivity contribution in [3.8, 4) is 5.75 Å². The predicted octanol–water partition coefficient (Wildman–Crippen LogP) is 1.23. The summed E-state index contributed by atoms with van der Waals surface area (Å²) in [6.07, 6.45) is 1.91. The summed E-state index contributed by atoms with van der Waals surface area (Å²) in [5, 5.41) is 12.3. The summed E-state index contributed by atoms with van der Waals surface area (Å²) in [6.45, 7) is 0. The zero-order valence-corrected chi connectivity index (χ0v) is 10.1. The molecule has 17 heavy (non-hydrogen) atoms. The van der Waals surface area contributed by atoms with Crippen LogP contribution in [0, 0.1) is 0 Å². The molecule has 0 aromatic heterocycles. The number of carboxylic acid groups (broad SMARTS) is 1. The molecule has 0 radical (unpaired) electrons. The SMILES string of the molecule is CNC1(C(=O)O)CCc2ccc(OC)cc2C1. The molecule has 1 aliphatic carbocycles. The number of rotatable bonds is 3. The summed E-state index contributed by atoms with van der Waals surface area (Å²) in [5.41, 5.74) is 1.45. The lowest BCUT2D eigenvalue weighted by Crippen LogP contribution is -2.54. The van der Waals surface area contributed by atoms with Crippen molar-refractivity contribution >= 4 is 5.97 Å². The maximum Gasteiger partial charge on any atom is 0.324 e. The van der Waals surface area contributed by atoms with Gasteiger partial charge in [-0.25, -0.2) is 0 Å². The second-order valence-electron chi connectivity index (χ2n) is 4.45. The summed E-state index contributed by atoms with van der Waals surface area (Å²) >= 11 is 0. The standard InChI is InChI=1S/C13H17NO3/c1-14-13(12(15)16)6-5-9-3-4-11(17-2)7-10(9)8-13/h3-4,7,14H,5-6,8H2,1-2H3,(H,15,16). The molecule has 0 fully saturated rings. The molecule has 0 amide bonds.